The molecule has 22 heavy (non-hydrogen) atoms. The van der Waals surface area contributed by atoms with Crippen LogP contribution >= 0.6 is 0 Å². The number of para-hydroxylation sites is 1. The highest BCUT2D eigenvalue weighted by Gasteiger charge is 2.35. The van der Waals surface area contributed by atoms with Crippen LogP contribution in [-0.2, 0) is 10.0 Å². The van der Waals surface area contributed by atoms with Crippen LogP contribution in [0.2, 0.25) is 0 Å². The molecule has 6 nitrogen and oxygen atoms in total. The van der Waals surface area contributed by atoms with Crippen LogP contribution in [0.25, 0.3) is 5.69 Å². The van der Waals surface area contributed by atoms with E-state index in [1.165, 1.54) is 0 Å². The molecule has 1 saturated heterocycles. The number of sulfonamides is 1. The Bertz CT molecular complexity index is 727. The summed E-state index contributed by atoms with van der Waals surface area (Å²) in [6.07, 6.45) is 4.33. The zero-order valence-corrected chi connectivity index (χ0v) is 13.4. The molecule has 0 saturated carbocycles. The Kier molecular flexibility index (Phi) is 4.26. The maximum atomic E-state index is 12.4. The molecule has 0 bridgehead atoms. The van der Waals surface area contributed by atoms with Gasteiger partial charge in [0.15, 0.2) is 5.82 Å². The van der Waals surface area contributed by atoms with Gasteiger partial charge in [-0.05, 0) is 31.9 Å². The second-order valence-electron chi connectivity index (χ2n) is 5.42. The molecule has 1 aromatic heterocycles. The molecule has 2 aromatic rings. The molecule has 1 atom stereocenters. The van der Waals surface area contributed by atoms with Crippen molar-refractivity contribution < 1.29 is 8.42 Å². The first-order valence-corrected chi connectivity index (χ1v) is 9.19. The first-order valence-electron chi connectivity index (χ1n) is 7.58. The third kappa shape index (κ3) is 2.78. The zero-order valence-electron chi connectivity index (χ0n) is 12.6. The van der Waals surface area contributed by atoms with Crippen molar-refractivity contribution in [3.63, 3.8) is 0 Å². The summed E-state index contributed by atoms with van der Waals surface area (Å²) in [5, 5.41) is 8.23. The fourth-order valence-electron chi connectivity index (χ4n) is 2.92. The molecule has 0 amide bonds. The van der Waals surface area contributed by atoms with Gasteiger partial charge < -0.3 is 0 Å². The van der Waals surface area contributed by atoms with Crippen molar-refractivity contribution in [3.05, 3.63) is 42.5 Å². The van der Waals surface area contributed by atoms with Gasteiger partial charge in [0.2, 0.25) is 10.0 Å². The molecule has 1 aliphatic rings. The maximum absolute atomic E-state index is 12.4. The Morgan fingerprint density at radius 3 is 2.73 bits per heavy atom. The normalized spacial score (nSPS) is 20.1. The van der Waals surface area contributed by atoms with E-state index in [9.17, 15) is 8.42 Å². The monoisotopic (exact) mass is 320 g/mol. The largest absolute Gasteiger partial charge is 0.284 e. The molecule has 7 heteroatoms. The van der Waals surface area contributed by atoms with Crippen LogP contribution in [0, 0.1) is 0 Å². The number of hydrogen-bond donors (Lipinski definition) is 0. The van der Waals surface area contributed by atoms with Gasteiger partial charge in [-0.2, -0.15) is 4.31 Å². The smallest absolute Gasteiger partial charge is 0.214 e. The summed E-state index contributed by atoms with van der Waals surface area (Å²) in [4.78, 5) is 0. The third-order valence-corrected chi connectivity index (χ3v) is 5.96. The lowest BCUT2D eigenvalue weighted by Crippen LogP contribution is -2.40. The summed E-state index contributed by atoms with van der Waals surface area (Å²) < 4.78 is 28.2. The average Bonchev–Trinajstić information content (AvgIpc) is 3.05. The Hall–Kier alpha value is -1.73. The summed E-state index contributed by atoms with van der Waals surface area (Å²) in [5.74, 6) is 0.811. The highest BCUT2D eigenvalue weighted by Crippen LogP contribution is 2.33. The minimum Gasteiger partial charge on any atom is -0.284 e. The van der Waals surface area contributed by atoms with Crippen LogP contribution < -0.4 is 0 Å². The van der Waals surface area contributed by atoms with Gasteiger partial charge in [-0.3, -0.25) is 4.57 Å². The molecule has 1 unspecified atom stereocenters. The lowest BCUT2D eigenvalue weighted by Gasteiger charge is -2.33. The van der Waals surface area contributed by atoms with Crippen LogP contribution in [0.3, 0.4) is 0 Å². The first-order chi connectivity index (χ1) is 10.6. The Balaban J connectivity index is 2.01. The van der Waals surface area contributed by atoms with Crippen molar-refractivity contribution in [1.82, 2.24) is 19.1 Å². The van der Waals surface area contributed by atoms with Crippen molar-refractivity contribution in [2.45, 2.75) is 32.2 Å². The molecule has 0 aliphatic carbocycles. The van der Waals surface area contributed by atoms with Gasteiger partial charge in [0.05, 0.1) is 11.8 Å². The molecule has 1 aromatic carbocycles. The van der Waals surface area contributed by atoms with Gasteiger partial charge >= 0.3 is 0 Å². The summed E-state index contributed by atoms with van der Waals surface area (Å²) >= 11 is 0. The lowest BCUT2D eigenvalue weighted by molar-refractivity contribution is 0.244. The van der Waals surface area contributed by atoms with E-state index in [0.717, 1.165) is 24.9 Å². The van der Waals surface area contributed by atoms with Crippen molar-refractivity contribution >= 4 is 10.0 Å². The number of rotatable bonds is 4. The molecule has 1 fully saturated rings. The molecule has 118 valence electrons. The topological polar surface area (TPSA) is 68.1 Å². The summed E-state index contributed by atoms with van der Waals surface area (Å²) in [5.41, 5.74) is 0.946. The van der Waals surface area contributed by atoms with Crippen LogP contribution in [0.1, 0.15) is 38.1 Å². The van der Waals surface area contributed by atoms with Crippen molar-refractivity contribution in [1.29, 1.82) is 0 Å². The number of aromatic nitrogens is 3. The molecular weight excluding hydrogens is 300 g/mol. The third-order valence-electron chi connectivity index (χ3n) is 4.08. The van der Waals surface area contributed by atoms with E-state index in [2.05, 4.69) is 10.2 Å². The predicted octanol–water partition coefficient (Wildman–Crippen LogP) is 2.14. The number of piperidine rings is 1. The highest BCUT2D eigenvalue weighted by atomic mass is 32.2. The maximum Gasteiger partial charge on any atom is 0.214 e. The predicted molar refractivity (Wildman–Crippen MR) is 84.1 cm³/mol. The Morgan fingerprint density at radius 2 is 2.00 bits per heavy atom. The van der Waals surface area contributed by atoms with Gasteiger partial charge in [-0.15, -0.1) is 10.2 Å². The molecular formula is C15H20N4O2S. The van der Waals surface area contributed by atoms with Crippen LogP contribution in [0.15, 0.2) is 36.7 Å². The number of hydrogen-bond acceptors (Lipinski definition) is 4. The van der Waals surface area contributed by atoms with Crippen LogP contribution in [0.5, 0.6) is 0 Å². The van der Waals surface area contributed by atoms with Gasteiger partial charge in [0.1, 0.15) is 6.33 Å². The lowest BCUT2D eigenvalue weighted by atomic mass is 10.0. The molecule has 1 aliphatic heterocycles. The Morgan fingerprint density at radius 1 is 1.23 bits per heavy atom. The van der Waals surface area contributed by atoms with E-state index < -0.39 is 10.0 Å². The van der Waals surface area contributed by atoms with Crippen LogP contribution in [0.4, 0.5) is 0 Å². The van der Waals surface area contributed by atoms with E-state index in [1.807, 2.05) is 34.9 Å². The molecule has 0 N–H and O–H groups in total. The Labute approximate surface area is 130 Å². The fraction of sp³-hybridized carbons (Fsp3) is 0.467. The second kappa shape index (κ2) is 6.18. The fourth-order valence-corrected chi connectivity index (χ4v) is 4.25. The van der Waals surface area contributed by atoms with E-state index in [-0.39, 0.29) is 11.8 Å². The van der Waals surface area contributed by atoms with Crippen LogP contribution in [-0.4, -0.2) is 39.8 Å². The SMILES string of the molecule is CCS(=O)(=O)N1CCCCC1c1nncn1-c1ccccc1. The van der Waals surface area contributed by atoms with E-state index >= 15 is 0 Å². The minimum absolute atomic E-state index is 0.114. The molecule has 3 rings (SSSR count). The van der Waals surface area contributed by atoms with Gasteiger partial charge in [0.25, 0.3) is 0 Å². The highest BCUT2D eigenvalue weighted by molar-refractivity contribution is 7.89. The van der Waals surface area contributed by atoms with Gasteiger partial charge in [0, 0.05) is 12.2 Å². The van der Waals surface area contributed by atoms with Crippen molar-refractivity contribution in [3.8, 4) is 5.69 Å². The van der Waals surface area contributed by atoms with E-state index in [0.29, 0.717) is 12.4 Å². The standard InChI is InChI=1S/C15H20N4O2S/c1-2-22(20,21)19-11-7-6-10-14(19)15-17-16-12-18(15)13-8-4-3-5-9-13/h3-5,8-9,12,14H,2,6-7,10-11H2,1H3. The molecule has 0 radical (unpaired) electrons. The number of benzene rings is 1. The molecule has 2 heterocycles. The molecule has 0 spiro atoms. The summed E-state index contributed by atoms with van der Waals surface area (Å²) in [6, 6.07) is 9.53. The van der Waals surface area contributed by atoms with E-state index in [1.54, 1.807) is 17.6 Å². The first kappa shape index (κ1) is 15.2. The summed E-state index contributed by atoms with van der Waals surface area (Å²) in [7, 11) is -3.24. The summed E-state index contributed by atoms with van der Waals surface area (Å²) in [6.45, 7) is 2.24. The van der Waals surface area contributed by atoms with Crippen molar-refractivity contribution in [2.24, 2.45) is 0 Å². The minimum atomic E-state index is -3.24. The zero-order chi connectivity index (χ0) is 15.6. The van der Waals surface area contributed by atoms with Crippen molar-refractivity contribution in [2.75, 3.05) is 12.3 Å². The van der Waals surface area contributed by atoms with Gasteiger partial charge in [-0.1, -0.05) is 24.6 Å². The van der Waals surface area contributed by atoms with E-state index in [4.69, 9.17) is 0 Å². The average molecular weight is 320 g/mol. The second-order valence-corrected chi connectivity index (χ2v) is 7.63. The quantitative estimate of drug-likeness (QED) is 0.865. The van der Waals surface area contributed by atoms with Gasteiger partial charge in [-0.25, -0.2) is 8.42 Å². The number of nitrogens with zero attached hydrogens (tertiary/aromatic N) is 4.